The number of nitrogens with zero attached hydrogens (tertiary/aromatic N) is 4. The molecule has 0 spiro atoms. The van der Waals surface area contributed by atoms with E-state index in [0.717, 1.165) is 48.1 Å². The molecule has 3 aliphatic heterocycles. The van der Waals surface area contributed by atoms with Crippen molar-refractivity contribution in [3.63, 3.8) is 0 Å². The van der Waals surface area contributed by atoms with Gasteiger partial charge < -0.3 is 20.7 Å². The number of esters is 1. The monoisotopic (exact) mass is 490 g/mol. The Bertz CT molecular complexity index is 1280. The van der Waals surface area contributed by atoms with Gasteiger partial charge in [0, 0.05) is 54.0 Å². The first-order chi connectivity index (χ1) is 17.5. The number of nitrogens with one attached hydrogen (secondary N) is 4. The van der Waals surface area contributed by atoms with E-state index >= 15 is 0 Å². The quantitative estimate of drug-likeness (QED) is 0.368. The van der Waals surface area contributed by atoms with Crippen LogP contribution in [0.15, 0.2) is 30.5 Å². The number of fused-ring (bicyclic) bond motifs is 3. The number of amides is 1. The van der Waals surface area contributed by atoms with Gasteiger partial charge >= 0.3 is 5.97 Å². The van der Waals surface area contributed by atoms with Crippen molar-refractivity contribution in [2.45, 2.75) is 63.2 Å². The number of pyridine rings is 2. The third kappa shape index (κ3) is 4.58. The molecule has 3 aliphatic rings. The van der Waals surface area contributed by atoms with Crippen LogP contribution < -0.4 is 16.0 Å². The predicted molar refractivity (Wildman–Crippen MR) is 134 cm³/mol. The van der Waals surface area contributed by atoms with Gasteiger partial charge in [-0.05, 0) is 44.7 Å². The molecule has 3 fully saturated rings. The number of carbonyl (C=O) groups is 2. The number of rotatable bonds is 7. The molecule has 36 heavy (non-hydrogen) atoms. The first-order valence-corrected chi connectivity index (χ1v) is 12.5. The maximum absolute atomic E-state index is 12.6. The molecule has 0 saturated carbocycles. The molecule has 2 bridgehead atoms. The summed E-state index contributed by atoms with van der Waals surface area (Å²) in [5.74, 6) is 1.75. The van der Waals surface area contributed by atoms with Crippen molar-refractivity contribution in [1.29, 1.82) is 0 Å². The molecule has 3 aromatic rings. The number of aromatic amines is 1. The number of aromatic nitrogens is 4. The number of aryl methyl sites for hydroxylation is 1. The second-order valence-corrected chi connectivity index (χ2v) is 9.93. The lowest BCUT2D eigenvalue weighted by Crippen LogP contribution is -2.52. The van der Waals surface area contributed by atoms with Gasteiger partial charge in [-0.15, -0.1) is 0 Å². The fourth-order valence-electron chi connectivity index (χ4n) is 5.74. The van der Waals surface area contributed by atoms with E-state index in [4.69, 9.17) is 9.72 Å². The number of hydrogen-bond donors (Lipinski definition) is 4. The number of H-pyrrole nitrogens is 1. The number of hydrogen-bond acceptors (Lipinski definition) is 9. The zero-order valence-corrected chi connectivity index (χ0v) is 20.2. The average molecular weight is 491 g/mol. The molecule has 1 unspecified atom stereocenters. The van der Waals surface area contributed by atoms with Gasteiger partial charge in [-0.3, -0.25) is 19.8 Å². The van der Waals surface area contributed by atoms with Crippen molar-refractivity contribution < 1.29 is 14.3 Å². The lowest BCUT2D eigenvalue weighted by Gasteiger charge is -2.39. The highest BCUT2D eigenvalue weighted by molar-refractivity contribution is 5.91. The highest BCUT2D eigenvalue weighted by Crippen LogP contribution is 2.37. The van der Waals surface area contributed by atoms with Crippen molar-refractivity contribution in [3.05, 3.63) is 36.2 Å². The summed E-state index contributed by atoms with van der Waals surface area (Å²) in [5, 5.41) is 18.0. The molecule has 4 N–H and O–H groups in total. The van der Waals surface area contributed by atoms with E-state index < -0.39 is 6.04 Å². The first kappa shape index (κ1) is 22.7. The second kappa shape index (κ2) is 9.38. The van der Waals surface area contributed by atoms with E-state index in [9.17, 15) is 9.59 Å². The Kier molecular flexibility index (Phi) is 5.92. The summed E-state index contributed by atoms with van der Waals surface area (Å²) in [6, 6.07) is 8.18. The van der Waals surface area contributed by atoms with Gasteiger partial charge in [-0.1, -0.05) is 0 Å². The zero-order chi connectivity index (χ0) is 24.6. The van der Waals surface area contributed by atoms with Crippen LogP contribution in [0.5, 0.6) is 0 Å². The summed E-state index contributed by atoms with van der Waals surface area (Å²) in [5.41, 5.74) is 1.82. The molecule has 4 atom stereocenters. The number of cyclic esters (lactones) is 1. The average Bonchev–Trinajstić information content (AvgIpc) is 3.51. The predicted octanol–water partition coefficient (Wildman–Crippen LogP) is 2.24. The van der Waals surface area contributed by atoms with Crippen molar-refractivity contribution in [1.82, 2.24) is 30.4 Å². The summed E-state index contributed by atoms with van der Waals surface area (Å²) in [6.45, 7) is 2.65. The number of piperidine rings is 1. The lowest BCUT2D eigenvalue weighted by atomic mass is 9.97. The second-order valence-electron chi connectivity index (χ2n) is 9.93. The summed E-state index contributed by atoms with van der Waals surface area (Å²) in [7, 11) is 0. The normalized spacial score (nSPS) is 25.6. The number of ether oxygens (including phenoxy) is 1. The molecule has 0 radical (unpaired) electrons. The molecule has 6 heterocycles. The van der Waals surface area contributed by atoms with Gasteiger partial charge in [-0.25, -0.2) is 9.78 Å². The molecule has 0 aliphatic carbocycles. The van der Waals surface area contributed by atoms with Crippen LogP contribution in [0.1, 0.15) is 37.8 Å². The van der Waals surface area contributed by atoms with Crippen molar-refractivity contribution in [2.24, 2.45) is 0 Å². The molecule has 1 amide bonds. The Balaban J connectivity index is 1.15. The fourth-order valence-corrected chi connectivity index (χ4v) is 5.74. The Labute approximate surface area is 208 Å². The summed E-state index contributed by atoms with van der Waals surface area (Å²) >= 11 is 0. The van der Waals surface area contributed by atoms with E-state index in [1.54, 1.807) is 6.20 Å². The molecule has 11 nitrogen and oxygen atoms in total. The zero-order valence-electron chi connectivity index (χ0n) is 20.2. The van der Waals surface area contributed by atoms with Gasteiger partial charge in [0.15, 0.2) is 5.82 Å². The number of carbonyl (C=O) groups excluding carboxylic acids is 2. The highest BCUT2D eigenvalue weighted by atomic mass is 16.5. The number of anilines is 3. The SMILES string of the molecule is Cc1cc(Nc2cc3ncccc3c(NC3C[C@H]4CC[C@@H](C3)N4CC(=O)N[C@H]3CCOC3=O)n2)n[nH]1. The van der Waals surface area contributed by atoms with Gasteiger partial charge in [0.2, 0.25) is 5.91 Å². The Hall–Kier alpha value is -3.73. The third-order valence-corrected chi connectivity index (χ3v) is 7.38. The summed E-state index contributed by atoms with van der Waals surface area (Å²) in [4.78, 5) is 36.0. The third-order valence-electron chi connectivity index (χ3n) is 7.38. The molecule has 3 saturated heterocycles. The van der Waals surface area contributed by atoms with Crippen LogP contribution in [-0.4, -0.2) is 74.3 Å². The van der Waals surface area contributed by atoms with Gasteiger partial charge in [0.1, 0.15) is 17.7 Å². The van der Waals surface area contributed by atoms with Crippen LogP contribution >= 0.6 is 0 Å². The molecule has 6 rings (SSSR count). The van der Waals surface area contributed by atoms with Crippen LogP contribution in [0.3, 0.4) is 0 Å². The van der Waals surface area contributed by atoms with E-state index in [0.29, 0.717) is 43.3 Å². The van der Waals surface area contributed by atoms with Crippen molar-refractivity contribution in [3.8, 4) is 0 Å². The Morgan fingerprint density at radius 1 is 1.19 bits per heavy atom. The van der Waals surface area contributed by atoms with Crippen LogP contribution in [0.25, 0.3) is 10.9 Å². The maximum atomic E-state index is 12.6. The summed E-state index contributed by atoms with van der Waals surface area (Å²) in [6.07, 6.45) is 6.31. The lowest BCUT2D eigenvalue weighted by molar-refractivity contribution is -0.141. The van der Waals surface area contributed by atoms with Crippen LogP contribution in [0, 0.1) is 6.92 Å². The van der Waals surface area contributed by atoms with Crippen molar-refractivity contribution >= 4 is 40.2 Å². The standard InChI is InChI=1S/C25H30N8O3/c1-14-9-22(32-31-14)29-21-12-20-18(3-2-7-26-20)24(30-21)27-15-10-16-4-5-17(11-15)33(16)13-23(34)28-19-6-8-36-25(19)35/h2-3,7,9,12,15-17,19H,4-6,8,10-11,13H2,1H3,(H,28,34)(H3,27,29,30,31,32)/t15?,16-,17+,19-/m0/s1. The molecule has 3 aromatic heterocycles. The van der Waals surface area contributed by atoms with Crippen LogP contribution in [-0.2, 0) is 14.3 Å². The van der Waals surface area contributed by atoms with Crippen LogP contribution in [0.2, 0.25) is 0 Å². The van der Waals surface area contributed by atoms with Gasteiger partial charge in [-0.2, -0.15) is 5.10 Å². The summed E-state index contributed by atoms with van der Waals surface area (Å²) < 4.78 is 4.96. The minimum Gasteiger partial charge on any atom is -0.464 e. The smallest absolute Gasteiger partial charge is 0.328 e. The van der Waals surface area contributed by atoms with E-state index in [1.807, 2.05) is 31.2 Å². The van der Waals surface area contributed by atoms with Gasteiger partial charge in [0.25, 0.3) is 0 Å². The molecular weight excluding hydrogens is 460 g/mol. The van der Waals surface area contributed by atoms with E-state index in [1.165, 1.54) is 0 Å². The topological polar surface area (TPSA) is 137 Å². The van der Waals surface area contributed by atoms with E-state index in [2.05, 4.69) is 36.0 Å². The largest absolute Gasteiger partial charge is 0.464 e. The first-order valence-electron chi connectivity index (χ1n) is 12.5. The Morgan fingerprint density at radius 2 is 2.03 bits per heavy atom. The van der Waals surface area contributed by atoms with Gasteiger partial charge in [0.05, 0.1) is 18.7 Å². The maximum Gasteiger partial charge on any atom is 0.328 e. The fraction of sp³-hybridized carbons (Fsp3) is 0.480. The van der Waals surface area contributed by atoms with Crippen LogP contribution in [0.4, 0.5) is 17.5 Å². The van der Waals surface area contributed by atoms with Crippen molar-refractivity contribution in [2.75, 3.05) is 23.8 Å². The highest BCUT2D eigenvalue weighted by Gasteiger charge is 2.42. The molecule has 188 valence electrons. The molecule has 0 aromatic carbocycles. The Morgan fingerprint density at radius 3 is 2.75 bits per heavy atom. The minimum absolute atomic E-state index is 0.103. The van der Waals surface area contributed by atoms with E-state index in [-0.39, 0.29) is 17.9 Å². The molecular formula is C25H30N8O3. The molecule has 11 heteroatoms. The minimum atomic E-state index is -0.506.